The van der Waals surface area contributed by atoms with E-state index in [1.807, 2.05) is 6.07 Å². The maximum atomic E-state index is 12.7. The Morgan fingerprint density at radius 3 is 2.78 bits per heavy atom. The van der Waals surface area contributed by atoms with Crippen LogP contribution in [0.3, 0.4) is 0 Å². The molecule has 2 aliphatic heterocycles. The van der Waals surface area contributed by atoms with Crippen molar-refractivity contribution in [3.63, 3.8) is 0 Å². The zero-order chi connectivity index (χ0) is 16.3. The SMILES string of the molecule is CC1CN=C(NCc2cccc(S(=O)(=O)N3CCCCC3)c2)N1. The molecule has 0 bridgehead atoms. The Morgan fingerprint density at radius 1 is 1.30 bits per heavy atom. The molecule has 2 heterocycles. The van der Waals surface area contributed by atoms with Crippen molar-refractivity contribution in [2.75, 3.05) is 19.6 Å². The highest BCUT2D eigenvalue weighted by molar-refractivity contribution is 7.89. The minimum absolute atomic E-state index is 0.350. The van der Waals surface area contributed by atoms with E-state index in [0.29, 0.717) is 30.6 Å². The summed E-state index contributed by atoms with van der Waals surface area (Å²) in [6.07, 6.45) is 3.01. The summed E-state index contributed by atoms with van der Waals surface area (Å²) >= 11 is 0. The smallest absolute Gasteiger partial charge is 0.243 e. The summed E-state index contributed by atoms with van der Waals surface area (Å²) in [5.74, 6) is 0.779. The van der Waals surface area contributed by atoms with E-state index >= 15 is 0 Å². The topological polar surface area (TPSA) is 73.8 Å². The fourth-order valence-electron chi connectivity index (χ4n) is 2.92. The minimum atomic E-state index is -3.37. The zero-order valence-electron chi connectivity index (χ0n) is 13.5. The second-order valence-corrected chi connectivity index (χ2v) is 8.14. The maximum Gasteiger partial charge on any atom is 0.243 e. The van der Waals surface area contributed by atoms with Crippen molar-refractivity contribution in [1.29, 1.82) is 0 Å². The van der Waals surface area contributed by atoms with Crippen LogP contribution in [0.1, 0.15) is 31.7 Å². The van der Waals surface area contributed by atoms with Gasteiger partial charge in [0.25, 0.3) is 0 Å². The van der Waals surface area contributed by atoms with Gasteiger partial charge < -0.3 is 10.6 Å². The Hall–Kier alpha value is -1.60. The third-order valence-corrected chi connectivity index (χ3v) is 6.11. The zero-order valence-corrected chi connectivity index (χ0v) is 14.3. The largest absolute Gasteiger partial charge is 0.352 e. The molecule has 2 N–H and O–H groups in total. The molecule has 0 aliphatic carbocycles. The highest BCUT2D eigenvalue weighted by atomic mass is 32.2. The van der Waals surface area contributed by atoms with Gasteiger partial charge in [-0.3, -0.25) is 4.99 Å². The Kier molecular flexibility index (Phi) is 4.87. The highest BCUT2D eigenvalue weighted by Crippen LogP contribution is 2.21. The molecular weight excluding hydrogens is 312 g/mol. The summed E-state index contributed by atoms with van der Waals surface area (Å²) in [6, 6.07) is 7.53. The molecule has 23 heavy (non-hydrogen) atoms. The second-order valence-electron chi connectivity index (χ2n) is 6.20. The van der Waals surface area contributed by atoms with Crippen LogP contribution in [0.25, 0.3) is 0 Å². The van der Waals surface area contributed by atoms with Crippen molar-refractivity contribution in [2.24, 2.45) is 4.99 Å². The van der Waals surface area contributed by atoms with Gasteiger partial charge in [0.1, 0.15) is 0 Å². The molecule has 2 aliphatic rings. The summed E-state index contributed by atoms with van der Waals surface area (Å²) in [5.41, 5.74) is 0.937. The number of nitrogens with one attached hydrogen (secondary N) is 2. The molecule has 1 atom stereocenters. The third-order valence-electron chi connectivity index (χ3n) is 4.22. The number of hydrogen-bond donors (Lipinski definition) is 2. The van der Waals surface area contributed by atoms with E-state index in [1.54, 1.807) is 22.5 Å². The van der Waals surface area contributed by atoms with Crippen LogP contribution in [-0.2, 0) is 16.6 Å². The van der Waals surface area contributed by atoms with E-state index in [4.69, 9.17) is 0 Å². The van der Waals surface area contributed by atoms with E-state index in [-0.39, 0.29) is 0 Å². The second kappa shape index (κ2) is 6.88. The fraction of sp³-hybridized carbons (Fsp3) is 0.562. The molecule has 1 unspecified atom stereocenters. The van der Waals surface area contributed by atoms with Crippen LogP contribution in [0.5, 0.6) is 0 Å². The standard InChI is InChI=1S/C16H24N4O2S/c1-13-11-17-16(19-13)18-12-14-6-5-7-15(10-14)23(21,22)20-8-3-2-4-9-20/h5-7,10,13H,2-4,8-9,11-12H2,1H3,(H2,17,18,19). The lowest BCUT2D eigenvalue weighted by Gasteiger charge is -2.26. The van der Waals surface area contributed by atoms with E-state index in [2.05, 4.69) is 22.5 Å². The van der Waals surface area contributed by atoms with E-state index in [0.717, 1.165) is 37.3 Å². The monoisotopic (exact) mass is 336 g/mol. The lowest BCUT2D eigenvalue weighted by molar-refractivity contribution is 0.346. The Labute approximate surface area is 138 Å². The van der Waals surface area contributed by atoms with E-state index in [9.17, 15) is 8.42 Å². The molecule has 0 saturated carbocycles. The molecule has 1 saturated heterocycles. The van der Waals surface area contributed by atoms with E-state index < -0.39 is 10.0 Å². The number of benzene rings is 1. The van der Waals surface area contributed by atoms with Gasteiger partial charge in [-0.1, -0.05) is 18.6 Å². The molecular formula is C16H24N4O2S. The molecule has 0 amide bonds. The van der Waals surface area contributed by atoms with Crippen molar-refractivity contribution in [2.45, 2.75) is 43.7 Å². The summed E-state index contributed by atoms with van der Waals surface area (Å²) in [6.45, 7) is 4.66. The van der Waals surface area contributed by atoms with Gasteiger partial charge in [0.15, 0.2) is 5.96 Å². The first-order valence-corrected chi connectivity index (χ1v) is 9.64. The lowest BCUT2D eigenvalue weighted by atomic mass is 10.2. The molecule has 0 aromatic heterocycles. The third kappa shape index (κ3) is 3.84. The predicted molar refractivity (Wildman–Crippen MR) is 90.8 cm³/mol. The molecule has 0 spiro atoms. The number of nitrogens with zero attached hydrogens (tertiary/aromatic N) is 2. The van der Waals surface area contributed by atoms with Crippen LogP contribution < -0.4 is 10.6 Å². The lowest BCUT2D eigenvalue weighted by Crippen LogP contribution is -2.37. The molecule has 0 radical (unpaired) electrons. The van der Waals surface area contributed by atoms with Crippen LogP contribution >= 0.6 is 0 Å². The Morgan fingerprint density at radius 2 is 2.09 bits per heavy atom. The fourth-order valence-corrected chi connectivity index (χ4v) is 4.50. The van der Waals surface area contributed by atoms with Gasteiger partial charge >= 0.3 is 0 Å². The quantitative estimate of drug-likeness (QED) is 0.869. The van der Waals surface area contributed by atoms with Crippen molar-refractivity contribution < 1.29 is 8.42 Å². The number of sulfonamides is 1. The van der Waals surface area contributed by atoms with Gasteiger partial charge in [0, 0.05) is 25.7 Å². The van der Waals surface area contributed by atoms with Gasteiger partial charge in [0.2, 0.25) is 10.0 Å². The van der Waals surface area contributed by atoms with Crippen molar-refractivity contribution in [3.8, 4) is 0 Å². The van der Waals surface area contributed by atoms with Gasteiger partial charge in [0.05, 0.1) is 11.4 Å². The number of rotatable bonds is 4. The van der Waals surface area contributed by atoms with Crippen molar-refractivity contribution >= 4 is 16.0 Å². The number of hydrogen-bond acceptors (Lipinski definition) is 5. The molecule has 1 aromatic carbocycles. The first-order chi connectivity index (χ1) is 11.1. The summed E-state index contributed by atoms with van der Waals surface area (Å²) < 4.78 is 27.0. The molecule has 3 rings (SSSR count). The number of aliphatic imine (C=N–C) groups is 1. The average molecular weight is 336 g/mol. The number of piperidine rings is 1. The van der Waals surface area contributed by atoms with Crippen LogP contribution in [0.2, 0.25) is 0 Å². The summed E-state index contributed by atoms with van der Waals surface area (Å²) in [4.78, 5) is 4.73. The first kappa shape index (κ1) is 16.3. The van der Waals surface area contributed by atoms with Crippen molar-refractivity contribution in [3.05, 3.63) is 29.8 Å². The van der Waals surface area contributed by atoms with Crippen LogP contribution in [0.4, 0.5) is 0 Å². The van der Waals surface area contributed by atoms with Gasteiger partial charge in [-0.15, -0.1) is 0 Å². The molecule has 1 aromatic rings. The normalized spacial score (nSPS) is 22.5. The first-order valence-electron chi connectivity index (χ1n) is 8.20. The summed E-state index contributed by atoms with van der Waals surface area (Å²) in [7, 11) is -3.37. The summed E-state index contributed by atoms with van der Waals surface area (Å²) in [5, 5.41) is 6.45. The minimum Gasteiger partial charge on any atom is -0.352 e. The highest BCUT2D eigenvalue weighted by Gasteiger charge is 2.25. The Bertz CT molecular complexity index is 681. The van der Waals surface area contributed by atoms with Gasteiger partial charge in [-0.25, -0.2) is 8.42 Å². The molecule has 6 nitrogen and oxygen atoms in total. The Balaban J connectivity index is 1.69. The average Bonchev–Trinajstić information content (AvgIpc) is 2.99. The number of guanidine groups is 1. The van der Waals surface area contributed by atoms with Crippen LogP contribution in [-0.4, -0.2) is 44.4 Å². The molecule has 126 valence electrons. The van der Waals surface area contributed by atoms with Gasteiger partial charge in [-0.05, 0) is 37.5 Å². The van der Waals surface area contributed by atoms with Gasteiger partial charge in [-0.2, -0.15) is 4.31 Å². The molecule has 7 heteroatoms. The van der Waals surface area contributed by atoms with Crippen LogP contribution in [0, 0.1) is 0 Å². The van der Waals surface area contributed by atoms with E-state index in [1.165, 1.54) is 0 Å². The van der Waals surface area contributed by atoms with Crippen molar-refractivity contribution in [1.82, 2.24) is 14.9 Å². The van der Waals surface area contributed by atoms with Crippen LogP contribution in [0.15, 0.2) is 34.2 Å². The maximum absolute atomic E-state index is 12.7. The molecule has 1 fully saturated rings. The predicted octanol–water partition coefficient (Wildman–Crippen LogP) is 1.30.